The third kappa shape index (κ3) is 13.4. The molecule has 25 heavy (non-hydrogen) atoms. The van der Waals surface area contributed by atoms with Crippen molar-refractivity contribution in [3.8, 4) is 0 Å². The monoisotopic (exact) mass is 377 g/mol. The maximum absolute atomic E-state index is 12.4. The highest BCUT2D eigenvalue weighted by atomic mass is 32.3. The van der Waals surface area contributed by atoms with Crippen molar-refractivity contribution in [2.45, 2.75) is 98.8 Å². The van der Waals surface area contributed by atoms with Crippen LogP contribution in [0.2, 0.25) is 0 Å². The smallest absolute Gasteiger partial charge is 0.217 e. The minimum atomic E-state index is -4.53. The molecule has 0 aromatic carbocycles. The molecule has 0 aliphatic carbocycles. The fraction of sp³-hybridized carbons (Fsp3) is 0.947. The number of hydrogen-bond acceptors (Lipinski definition) is 5. The lowest BCUT2D eigenvalue weighted by Crippen LogP contribution is -2.34. The standard InChI is InChI=1S/C19H38O5S/c1-18(2,3)17(20)19(4,5)15-13-11-9-7-6-8-10-12-14-16-24-25(21,22)23/h6-16H2,1-5H3,(H,21,22,23)/p-1. The van der Waals surface area contributed by atoms with E-state index < -0.39 is 10.4 Å². The van der Waals surface area contributed by atoms with Crippen molar-refractivity contribution in [2.75, 3.05) is 6.61 Å². The molecule has 0 radical (unpaired) electrons. The predicted octanol–water partition coefficient (Wildman–Crippen LogP) is 5.01. The van der Waals surface area contributed by atoms with E-state index in [2.05, 4.69) is 18.0 Å². The summed E-state index contributed by atoms with van der Waals surface area (Å²) in [5.41, 5.74) is -0.510. The van der Waals surface area contributed by atoms with Gasteiger partial charge in [0.1, 0.15) is 5.78 Å². The van der Waals surface area contributed by atoms with Crippen molar-refractivity contribution in [2.24, 2.45) is 10.8 Å². The third-order valence-corrected chi connectivity index (χ3v) is 4.92. The number of Topliss-reactive ketones (excluding diaryl/α,β-unsaturated/α-hetero) is 1. The molecule has 0 amide bonds. The van der Waals surface area contributed by atoms with Gasteiger partial charge in [-0.3, -0.25) is 8.98 Å². The van der Waals surface area contributed by atoms with Crippen LogP contribution < -0.4 is 0 Å². The van der Waals surface area contributed by atoms with Gasteiger partial charge in [-0.2, -0.15) is 0 Å². The summed E-state index contributed by atoms with van der Waals surface area (Å²) in [6.45, 7) is 10.1. The Bertz CT molecular complexity index is 475. The van der Waals surface area contributed by atoms with Gasteiger partial charge in [-0.25, -0.2) is 8.42 Å². The number of hydrogen-bond donors (Lipinski definition) is 0. The summed E-state index contributed by atoms with van der Waals surface area (Å²) in [6.07, 6.45) is 10.4. The van der Waals surface area contributed by atoms with E-state index in [0.717, 1.165) is 38.5 Å². The molecule has 0 aliphatic rings. The van der Waals surface area contributed by atoms with Crippen LogP contribution in [0.4, 0.5) is 0 Å². The molecule has 0 aromatic rings. The van der Waals surface area contributed by atoms with Gasteiger partial charge < -0.3 is 4.55 Å². The van der Waals surface area contributed by atoms with Crippen molar-refractivity contribution < 1.29 is 21.9 Å². The number of unbranched alkanes of at least 4 members (excludes halogenated alkanes) is 8. The maximum Gasteiger partial charge on any atom is 0.217 e. The number of ketones is 1. The summed E-state index contributed by atoms with van der Waals surface area (Å²) < 4.78 is 34.9. The number of rotatable bonds is 14. The van der Waals surface area contributed by atoms with Crippen molar-refractivity contribution in [1.82, 2.24) is 0 Å². The predicted molar refractivity (Wildman–Crippen MR) is 100 cm³/mol. The summed E-state index contributed by atoms with van der Waals surface area (Å²) in [6, 6.07) is 0. The molecule has 0 spiro atoms. The molecule has 0 aliphatic heterocycles. The summed E-state index contributed by atoms with van der Waals surface area (Å²) in [5, 5.41) is 0. The van der Waals surface area contributed by atoms with Gasteiger partial charge in [-0.05, 0) is 12.8 Å². The first-order valence-electron chi connectivity index (χ1n) is 9.51. The molecule has 6 heteroatoms. The molecular weight excluding hydrogens is 340 g/mol. The Balaban J connectivity index is 3.55. The first-order chi connectivity index (χ1) is 11.4. The first-order valence-corrected chi connectivity index (χ1v) is 10.8. The first kappa shape index (κ1) is 24.5. The highest BCUT2D eigenvalue weighted by Crippen LogP contribution is 2.33. The molecule has 0 bridgehead atoms. The van der Waals surface area contributed by atoms with Crippen molar-refractivity contribution in [1.29, 1.82) is 0 Å². The van der Waals surface area contributed by atoms with E-state index in [1.807, 2.05) is 20.8 Å². The van der Waals surface area contributed by atoms with Crippen LogP contribution in [0.15, 0.2) is 0 Å². The van der Waals surface area contributed by atoms with Crippen LogP contribution in [0.1, 0.15) is 98.8 Å². The minimum Gasteiger partial charge on any atom is -0.726 e. The summed E-state index contributed by atoms with van der Waals surface area (Å²) in [5.74, 6) is 0.341. The van der Waals surface area contributed by atoms with Gasteiger partial charge in [0.25, 0.3) is 0 Å². The summed E-state index contributed by atoms with van der Waals surface area (Å²) in [7, 11) is -4.53. The second kappa shape index (κ2) is 11.3. The van der Waals surface area contributed by atoms with Crippen molar-refractivity contribution in [3.05, 3.63) is 0 Å². The van der Waals surface area contributed by atoms with Gasteiger partial charge in [0.2, 0.25) is 10.4 Å². The van der Waals surface area contributed by atoms with E-state index >= 15 is 0 Å². The van der Waals surface area contributed by atoms with Gasteiger partial charge >= 0.3 is 0 Å². The zero-order valence-electron chi connectivity index (χ0n) is 16.7. The fourth-order valence-electron chi connectivity index (χ4n) is 3.20. The Morgan fingerprint density at radius 1 is 0.800 bits per heavy atom. The second-order valence-corrected chi connectivity index (χ2v) is 9.68. The molecule has 0 N–H and O–H groups in total. The van der Waals surface area contributed by atoms with Gasteiger partial charge in [-0.1, -0.05) is 86.0 Å². The highest BCUT2D eigenvalue weighted by molar-refractivity contribution is 7.80. The molecule has 5 nitrogen and oxygen atoms in total. The molecule has 0 rings (SSSR count). The topological polar surface area (TPSA) is 83.5 Å². The largest absolute Gasteiger partial charge is 0.726 e. The fourth-order valence-corrected chi connectivity index (χ4v) is 3.52. The molecule has 0 saturated carbocycles. The van der Waals surface area contributed by atoms with E-state index in [4.69, 9.17) is 0 Å². The van der Waals surface area contributed by atoms with Gasteiger partial charge in [0, 0.05) is 10.8 Å². The zero-order valence-corrected chi connectivity index (χ0v) is 17.5. The van der Waals surface area contributed by atoms with Crippen molar-refractivity contribution >= 4 is 16.2 Å². The third-order valence-electron chi connectivity index (χ3n) is 4.47. The lowest BCUT2D eigenvalue weighted by atomic mass is 9.72. The van der Waals surface area contributed by atoms with Crippen molar-refractivity contribution in [3.63, 3.8) is 0 Å². The van der Waals surface area contributed by atoms with E-state index in [9.17, 15) is 17.8 Å². The molecule has 0 heterocycles. The lowest BCUT2D eigenvalue weighted by Gasteiger charge is -2.30. The summed E-state index contributed by atoms with van der Waals surface area (Å²) in [4.78, 5) is 12.4. The Morgan fingerprint density at radius 2 is 1.20 bits per heavy atom. The highest BCUT2D eigenvalue weighted by Gasteiger charge is 2.35. The normalized spacial score (nSPS) is 13.2. The molecule has 150 valence electrons. The molecule has 0 fully saturated rings. The van der Waals surface area contributed by atoms with Gasteiger partial charge in [0.05, 0.1) is 6.61 Å². The lowest BCUT2D eigenvalue weighted by molar-refractivity contribution is -0.135. The molecule has 0 atom stereocenters. The molecule has 0 aromatic heterocycles. The van der Waals surface area contributed by atoms with Gasteiger partial charge in [-0.15, -0.1) is 0 Å². The van der Waals surface area contributed by atoms with Crippen LogP contribution in [0.25, 0.3) is 0 Å². The van der Waals surface area contributed by atoms with E-state index in [1.54, 1.807) is 0 Å². The Morgan fingerprint density at radius 3 is 1.60 bits per heavy atom. The Kier molecular flexibility index (Phi) is 11.1. The maximum atomic E-state index is 12.4. The van der Waals surface area contributed by atoms with Crippen LogP contribution in [0.5, 0.6) is 0 Å². The van der Waals surface area contributed by atoms with Crippen LogP contribution in [0.3, 0.4) is 0 Å². The van der Waals surface area contributed by atoms with Gasteiger partial charge in [0.15, 0.2) is 0 Å². The number of carbonyl (C=O) groups excluding carboxylic acids is 1. The van der Waals surface area contributed by atoms with E-state index in [-0.39, 0.29) is 17.4 Å². The quantitative estimate of drug-likeness (QED) is 0.241. The molecule has 0 unspecified atom stereocenters. The van der Waals surface area contributed by atoms with Crippen LogP contribution in [-0.4, -0.2) is 25.4 Å². The molecule has 0 saturated heterocycles. The zero-order chi connectivity index (χ0) is 19.6. The average Bonchev–Trinajstić information content (AvgIpc) is 2.45. The Labute approximate surface area is 154 Å². The van der Waals surface area contributed by atoms with Crippen LogP contribution in [-0.2, 0) is 19.4 Å². The number of carbonyl (C=O) groups is 1. The second-order valence-electron chi connectivity index (χ2n) is 8.63. The SMILES string of the molecule is CC(C)(C)C(=O)C(C)(C)CCCCCCCCCCCOS(=O)(=O)[O-]. The van der Waals surface area contributed by atoms with E-state index in [0.29, 0.717) is 12.2 Å². The Hall–Kier alpha value is -0.460. The van der Waals surface area contributed by atoms with Crippen LogP contribution >= 0.6 is 0 Å². The van der Waals surface area contributed by atoms with Crippen LogP contribution in [0, 0.1) is 10.8 Å². The van der Waals surface area contributed by atoms with E-state index in [1.165, 1.54) is 19.3 Å². The minimum absolute atomic E-state index is 0.00505. The summed E-state index contributed by atoms with van der Waals surface area (Å²) >= 11 is 0. The molecular formula is C19H37O5S-. The average molecular weight is 378 g/mol.